The summed E-state index contributed by atoms with van der Waals surface area (Å²) in [6, 6.07) is 7.47. The van der Waals surface area contributed by atoms with Crippen LogP contribution in [0.4, 0.5) is 18.9 Å². The van der Waals surface area contributed by atoms with Crippen LogP contribution in [0.5, 0.6) is 5.75 Å². The molecule has 0 saturated carbocycles. The van der Waals surface area contributed by atoms with Gasteiger partial charge in [0.25, 0.3) is 5.91 Å². The Morgan fingerprint density at radius 1 is 1.29 bits per heavy atom. The number of amides is 1. The molecule has 3 nitrogen and oxygen atoms in total. The van der Waals surface area contributed by atoms with E-state index >= 15 is 0 Å². The summed E-state index contributed by atoms with van der Waals surface area (Å²) in [5.74, 6) is -0.173. The highest BCUT2D eigenvalue weighted by Crippen LogP contribution is 2.21. The molecular weight excluding hydrogens is 418 g/mol. The Balaban J connectivity index is 1.94. The first-order valence-electron chi connectivity index (χ1n) is 5.68. The van der Waals surface area contributed by atoms with Crippen LogP contribution in [-0.4, -0.2) is 18.7 Å². The van der Waals surface area contributed by atoms with Gasteiger partial charge in [0.2, 0.25) is 0 Å². The van der Waals surface area contributed by atoms with Gasteiger partial charge in [-0.1, -0.05) is 0 Å². The van der Waals surface area contributed by atoms with Crippen LogP contribution < -0.4 is 10.1 Å². The third-order valence-electron chi connectivity index (χ3n) is 2.34. The minimum absolute atomic E-state index is 0.0930. The second-order valence-electron chi connectivity index (χ2n) is 4.02. The molecule has 0 aliphatic heterocycles. The van der Waals surface area contributed by atoms with E-state index in [4.69, 9.17) is 0 Å². The zero-order valence-corrected chi connectivity index (χ0v) is 13.4. The number of halogens is 4. The number of anilines is 1. The van der Waals surface area contributed by atoms with Crippen molar-refractivity contribution in [1.82, 2.24) is 0 Å². The molecule has 0 unspecified atom stereocenters. The summed E-state index contributed by atoms with van der Waals surface area (Å²) in [4.78, 5) is 11.9. The lowest BCUT2D eigenvalue weighted by Crippen LogP contribution is -2.19. The maximum Gasteiger partial charge on any atom is 0.422 e. The molecule has 1 amide bonds. The van der Waals surface area contributed by atoms with Crippen LogP contribution >= 0.6 is 33.9 Å². The molecule has 1 heterocycles. The Hall–Kier alpha value is -1.29. The number of nitrogens with one attached hydrogen (secondary N) is 1. The van der Waals surface area contributed by atoms with E-state index < -0.39 is 12.8 Å². The SMILES string of the molecule is O=C(Nc1ccc(OCC(F)(F)F)cc1)c1csc(I)c1. The summed E-state index contributed by atoms with van der Waals surface area (Å²) in [5, 5.41) is 4.39. The number of thiophene rings is 1. The predicted octanol–water partition coefficient (Wildman–Crippen LogP) is 4.55. The highest BCUT2D eigenvalue weighted by atomic mass is 127. The van der Waals surface area contributed by atoms with Crippen molar-refractivity contribution >= 4 is 45.5 Å². The number of carbonyl (C=O) groups excluding carboxylic acids is 1. The molecule has 0 atom stereocenters. The average molecular weight is 427 g/mol. The molecule has 1 aromatic carbocycles. The smallest absolute Gasteiger partial charge is 0.422 e. The lowest BCUT2D eigenvalue weighted by molar-refractivity contribution is -0.153. The van der Waals surface area contributed by atoms with Crippen LogP contribution in [0.3, 0.4) is 0 Å². The number of alkyl halides is 3. The van der Waals surface area contributed by atoms with E-state index in [1.165, 1.54) is 35.6 Å². The van der Waals surface area contributed by atoms with Gasteiger partial charge in [-0.25, -0.2) is 0 Å². The maximum atomic E-state index is 12.0. The van der Waals surface area contributed by atoms with Crippen LogP contribution in [0.2, 0.25) is 0 Å². The van der Waals surface area contributed by atoms with E-state index in [9.17, 15) is 18.0 Å². The fourth-order valence-electron chi connectivity index (χ4n) is 1.43. The average Bonchev–Trinajstić information content (AvgIpc) is 2.84. The van der Waals surface area contributed by atoms with Crippen molar-refractivity contribution in [3.8, 4) is 5.75 Å². The van der Waals surface area contributed by atoms with Crippen LogP contribution in [0.15, 0.2) is 35.7 Å². The van der Waals surface area contributed by atoms with Crippen LogP contribution in [-0.2, 0) is 0 Å². The van der Waals surface area contributed by atoms with Crippen molar-refractivity contribution in [2.24, 2.45) is 0 Å². The van der Waals surface area contributed by atoms with Gasteiger partial charge in [-0.3, -0.25) is 4.79 Å². The van der Waals surface area contributed by atoms with E-state index in [0.29, 0.717) is 11.3 Å². The minimum Gasteiger partial charge on any atom is -0.484 e. The van der Waals surface area contributed by atoms with Gasteiger partial charge in [0, 0.05) is 11.1 Å². The Kier molecular flexibility index (Phi) is 5.09. The van der Waals surface area contributed by atoms with Gasteiger partial charge in [-0.15, -0.1) is 11.3 Å². The predicted molar refractivity (Wildman–Crippen MR) is 83.0 cm³/mol. The fourth-order valence-corrected chi connectivity index (χ4v) is 2.76. The Morgan fingerprint density at radius 3 is 2.48 bits per heavy atom. The van der Waals surface area contributed by atoms with Crippen molar-refractivity contribution < 1.29 is 22.7 Å². The molecule has 0 bridgehead atoms. The third kappa shape index (κ3) is 5.20. The zero-order valence-electron chi connectivity index (χ0n) is 10.4. The molecule has 2 rings (SSSR count). The second kappa shape index (κ2) is 6.65. The monoisotopic (exact) mass is 427 g/mol. The first-order valence-corrected chi connectivity index (χ1v) is 7.64. The summed E-state index contributed by atoms with van der Waals surface area (Å²) in [6.07, 6.45) is -4.37. The fraction of sp³-hybridized carbons (Fsp3) is 0.154. The van der Waals surface area contributed by atoms with Gasteiger partial charge in [0.1, 0.15) is 5.75 Å². The molecule has 1 aromatic heterocycles. The van der Waals surface area contributed by atoms with Crippen molar-refractivity contribution in [1.29, 1.82) is 0 Å². The van der Waals surface area contributed by atoms with Crippen molar-refractivity contribution in [2.45, 2.75) is 6.18 Å². The molecule has 2 aromatic rings. The molecule has 112 valence electrons. The molecule has 1 N–H and O–H groups in total. The van der Waals surface area contributed by atoms with E-state index in [1.54, 1.807) is 11.4 Å². The third-order valence-corrected chi connectivity index (χ3v) is 4.13. The number of carbonyl (C=O) groups is 1. The van der Waals surface area contributed by atoms with Crippen molar-refractivity contribution in [3.05, 3.63) is 44.2 Å². The number of hydrogen-bond donors (Lipinski definition) is 1. The van der Waals surface area contributed by atoms with Gasteiger partial charge in [-0.05, 0) is 52.9 Å². The maximum absolute atomic E-state index is 12.0. The second-order valence-corrected chi connectivity index (χ2v) is 6.83. The molecule has 0 radical (unpaired) electrons. The Labute approximate surface area is 136 Å². The van der Waals surface area contributed by atoms with Gasteiger partial charge < -0.3 is 10.1 Å². The zero-order chi connectivity index (χ0) is 15.5. The minimum atomic E-state index is -4.37. The highest BCUT2D eigenvalue weighted by Gasteiger charge is 2.28. The summed E-state index contributed by atoms with van der Waals surface area (Å²) in [7, 11) is 0. The Bertz CT molecular complexity index is 625. The normalized spacial score (nSPS) is 11.2. The van der Waals surface area contributed by atoms with E-state index in [-0.39, 0.29) is 11.7 Å². The molecular formula is C13H9F3INO2S. The molecule has 0 aliphatic carbocycles. The molecule has 0 fully saturated rings. The van der Waals surface area contributed by atoms with E-state index in [0.717, 1.165) is 2.88 Å². The highest BCUT2D eigenvalue weighted by molar-refractivity contribution is 14.1. The summed E-state index contributed by atoms with van der Waals surface area (Å²) < 4.78 is 41.6. The van der Waals surface area contributed by atoms with Gasteiger partial charge in [0.05, 0.1) is 8.45 Å². The number of benzene rings is 1. The first kappa shape index (κ1) is 16.1. The van der Waals surface area contributed by atoms with Gasteiger partial charge >= 0.3 is 6.18 Å². The standard InChI is InChI=1S/C13H9F3INO2S/c14-13(15,16)7-20-10-3-1-9(2-4-10)18-12(19)8-5-11(17)21-6-8/h1-6H,7H2,(H,18,19). The Morgan fingerprint density at radius 2 is 1.95 bits per heavy atom. The molecule has 8 heteroatoms. The number of hydrogen-bond acceptors (Lipinski definition) is 3. The number of ether oxygens (including phenoxy) is 1. The quantitative estimate of drug-likeness (QED) is 0.728. The number of rotatable bonds is 4. The van der Waals surface area contributed by atoms with Crippen LogP contribution in [0.25, 0.3) is 0 Å². The largest absolute Gasteiger partial charge is 0.484 e. The van der Waals surface area contributed by atoms with Gasteiger partial charge in [-0.2, -0.15) is 13.2 Å². The molecule has 0 aliphatic rings. The van der Waals surface area contributed by atoms with Crippen LogP contribution in [0, 0.1) is 2.88 Å². The molecule has 0 spiro atoms. The lowest BCUT2D eigenvalue weighted by Gasteiger charge is -2.10. The summed E-state index contributed by atoms with van der Waals surface area (Å²) in [6.45, 7) is -1.34. The van der Waals surface area contributed by atoms with Crippen molar-refractivity contribution in [3.63, 3.8) is 0 Å². The van der Waals surface area contributed by atoms with Gasteiger partial charge in [0.15, 0.2) is 6.61 Å². The lowest BCUT2D eigenvalue weighted by atomic mass is 10.2. The first-order chi connectivity index (χ1) is 9.83. The topological polar surface area (TPSA) is 38.3 Å². The molecule has 0 saturated heterocycles. The van der Waals surface area contributed by atoms with E-state index in [2.05, 4.69) is 32.6 Å². The van der Waals surface area contributed by atoms with Crippen molar-refractivity contribution in [2.75, 3.05) is 11.9 Å². The van der Waals surface area contributed by atoms with E-state index in [1.807, 2.05) is 0 Å². The summed E-state index contributed by atoms with van der Waals surface area (Å²) >= 11 is 3.57. The van der Waals surface area contributed by atoms with Crippen LogP contribution in [0.1, 0.15) is 10.4 Å². The summed E-state index contributed by atoms with van der Waals surface area (Å²) in [5.41, 5.74) is 1.03. The molecule has 21 heavy (non-hydrogen) atoms.